The second kappa shape index (κ2) is 19.0. The SMILES string of the molecule is COCCCN(CC(O)C(O)C(O)C(O)CO)C(=O)CCCCc1cc(Cl)c(COC2(c3cnccc3-c3ccccc3OC3CC3)CC2)cc1Cl. The molecule has 1 aromatic heterocycles. The summed E-state index contributed by atoms with van der Waals surface area (Å²) in [5.74, 6) is 0.634. The van der Waals surface area contributed by atoms with Crippen molar-refractivity contribution < 1.29 is 44.5 Å². The molecule has 0 saturated heterocycles. The van der Waals surface area contributed by atoms with Crippen molar-refractivity contribution in [3.8, 4) is 16.9 Å². The highest BCUT2D eigenvalue weighted by molar-refractivity contribution is 6.34. The predicted molar refractivity (Wildman–Crippen MR) is 197 cm³/mol. The van der Waals surface area contributed by atoms with Crippen LogP contribution in [0, 0.1) is 0 Å². The third-order valence-corrected chi connectivity index (χ3v) is 10.4. The summed E-state index contributed by atoms with van der Waals surface area (Å²) in [6.45, 7) is -0.101. The third kappa shape index (κ3) is 10.6. The summed E-state index contributed by atoms with van der Waals surface area (Å²) in [6, 6.07) is 13.8. The molecular formula is C39H50Cl2N2O9. The number of carbonyl (C=O) groups is 1. The number of hydrogen-bond acceptors (Lipinski definition) is 10. The van der Waals surface area contributed by atoms with Gasteiger partial charge in [-0.2, -0.15) is 0 Å². The molecule has 1 heterocycles. The summed E-state index contributed by atoms with van der Waals surface area (Å²) in [7, 11) is 1.54. The van der Waals surface area contributed by atoms with Crippen LogP contribution in [0.3, 0.4) is 0 Å². The van der Waals surface area contributed by atoms with E-state index in [2.05, 4.69) is 11.1 Å². The fourth-order valence-corrected chi connectivity index (χ4v) is 6.79. The largest absolute Gasteiger partial charge is 0.490 e. The molecule has 4 unspecified atom stereocenters. The maximum absolute atomic E-state index is 13.1. The second-order valence-corrected chi connectivity index (χ2v) is 14.6. The summed E-state index contributed by atoms with van der Waals surface area (Å²) in [6.07, 6.45) is 3.62. The zero-order valence-electron chi connectivity index (χ0n) is 29.5. The molecule has 2 aliphatic carbocycles. The lowest BCUT2D eigenvalue weighted by Crippen LogP contribution is -2.50. The Balaban J connectivity index is 1.15. The van der Waals surface area contributed by atoms with Crippen LogP contribution in [0.1, 0.15) is 68.1 Å². The van der Waals surface area contributed by atoms with Gasteiger partial charge in [0.2, 0.25) is 5.91 Å². The minimum Gasteiger partial charge on any atom is -0.490 e. The van der Waals surface area contributed by atoms with Crippen LogP contribution < -0.4 is 4.74 Å². The summed E-state index contributed by atoms with van der Waals surface area (Å²) in [5.41, 5.74) is 4.26. The monoisotopic (exact) mass is 760 g/mol. The maximum Gasteiger partial charge on any atom is 0.222 e. The molecule has 0 spiro atoms. The number of aliphatic hydroxyl groups is 5. The van der Waals surface area contributed by atoms with E-state index in [4.69, 9.17) is 42.5 Å². The van der Waals surface area contributed by atoms with Crippen LogP contribution in [0.15, 0.2) is 54.9 Å². The highest BCUT2D eigenvalue weighted by Gasteiger charge is 2.48. The number of benzene rings is 2. The highest BCUT2D eigenvalue weighted by atomic mass is 35.5. The summed E-state index contributed by atoms with van der Waals surface area (Å²) in [4.78, 5) is 19.0. The van der Waals surface area contributed by atoms with Crippen molar-refractivity contribution in [1.29, 1.82) is 0 Å². The molecule has 2 aromatic carbocycles. The van der Waals surface area contributed by atoms with Crippen LogP contribution in [0.4, 0.5) is 0 Å². The first-order valence-electron chi connectivity index (χ1n) is 18.0. The normalized spacial score (nSPS) is 17.3. The number of nitrogens with zero attached hydrogens (tertiary/aromatic N) is 2. The van der Waals surface area contributed by atoms with E-state index >= 15 is 0 Å². The molecule has 2 fully saturated rings. The molecule has 52 heavy (non-hydrogen) atoms. The molecule has 1 amide bonds. The smallest absolute Gasteiger partial charge is 0.222 e. The minimum atomic E-state index is -1.77. The van der Waals surface area contributed by atoms with Gasteiger partial charge < -0.3 is 44.6 Å². The number of hydrogen-bond donors (Lipinski definition) is 5. The van der Waals surface area contributed by atoms with Crippen LogP contribution in [0.2, 0.25) is 10.0 Å². The number of para-hydroxylation sites is 1. The first-order valence-corrected chi connectivity index (χ1v) is 18.7. The number of ether oxygens (including phenoxy) is 3. The lowest BCUT2D eigenvalue weighted by atomic mass is 9.96. The Labute approximate surface area is 315 Å². The van der Waals surface area contributed by atoms with E-state index in [0.717, 1.165) is 59.3 Å². The van der Waals surface area contributed by atoms with E-state index in [0.29, 0.717) is 42.3 Å². The van der Waals surface area contributed by atoms with Gasteiger partial charge in [-0.3, -0.25) is 9.78 Å². The van der Waals surface area contributed by atoms with Gasteiger partial charge >= 0.3 is 0 Å². The minimum absolute atomic E-state index is 0.185. The van der Waals surface area contributed by atoms with Crippen molar-refractivity contribution >= 4 is 29.1 Å². The van der Waals surface area contributed by atoms with E-state index in [1.807, 2.05) is 42.6 Å². The van der Waals surface area contributed by atoms with Gasteiger partial charge in [-0.25, -0.2) is 0 Å². The average molecular weight is 762 g/mol. The number of aryl methyl sites for hydroxylation is 1. The molecule has 3 aromatic rings. The number of amides is 1. The zero-order valence-corrected chi connectivity index (χ0v) is 31.0. The number of methoxy groups -OCH3 is 1. The lowest BCUT2D eigenvalue weighted by molar-refractivity contribution is -0.140. The fraction of sp³-hybridized carbons (Fsp3) is 0.538. The molecule has 4 atom stereocenters. The van der Waals surface area contributed by atoms with Crippen molar-refractivity contribution in [2.75, 3.05) is 33.4 Å². The molecule has 2 saturated carbocycles. The highest BCUT2D eigenvalue weighted by Crippen LogP contribution is 2.53. The Kier molecular flexibility index (Phi) is 14.7. The Bertz CT molecular complexity index is 1620. The summed E-state index contributed by atoms with van der Waals surface area (Å²) >= 11 is 13.5. The number of rotatable bonds is 22. The van der Waals surface area contributed by atoms with Gasteiger partial charge in [0.05, 0.1) is 24.9 Å². The fourth-order valence-electron chi connectivity index (χ4n) is 6.27. The molecule has 11 nitrogen and oxygen atoms in total. The van der Waals surface area contributed by atoms with Gasteiger partial charge in [0, 0.05) is 66.8 Å². The van der Waals surface area contributed by atoms with Crippen LogP contribution in [-0.2, 0) is 32.9 Å². The van der Waals surface area contributed by atoms with Gasteiger partial charge in [-0.05, 0) is 92.3 Å². The molecule has 0 bridgehead atoms. The second-order valence-electron chi connectivity index (χ2n) is 13.7. The molecule has 5 rings (SSSR count). The first kappa shape index (κ1) is 40.3. The quantitative estimate of drug-likeness (QED) is 0.0899. The Morgan fingerprint density at radius 3 is 2.38 bits per heavy atom. The molecule has 5 N–H and O–H groups in total. The Hall–Kier alpha value is -2.84. The van der Waals surface area contributed by atoms with Gasteiger partial charge in [-0.15, -0.1) is 0 Å². The topological polar surface area (TPSA) is 162 Å². The van der Waals surface area contributed by atoms with Crippen molar-refractivity contribution in [2.45, 2.75) is 101 Å². The van der Waals surface area contributed by atoms with Gasteiger partial charge in [0.25, 0.3) is 0 Å². The number of halogens is 2. The van der Waals surface area contributed by atoms with E-state index in [1.165, 1.54) is 4.90 Å². The van der Waals surface area contributed by atoms with Crippen LogP contribution in [0.5, 0.6) is 5.75 Å². The summed E-state index contributed by atoms with van der Waals surface area (Å²) < 4.78 is 17.9. The number of carbonyl (C=O) groups excluding carboxylic acids is 1. The molecule has 284 valence electrons. The molecule has 2 aliphatic rings. The van der Waals surface area contributed by atoms with E-state index in [9.17, 15) is 25.2 Å². The number of aromatic nitrogens is 1. The van der Waals surface area contributed by atoms with Crippen LogP contribution in [0.25, 0.3) is 11.1 Å². The maximum atomic E-state index is 13.1. The van der Waals surface area contributed by atoms with Crippen molar-refractivity contribution in [1.82, 2.24) is 9.88 Å². The molecule has 0 radical (unpaired) electrons. The van der Waals surface area contributed by atoms with Crippen molar-refractivity contribution in [2.24, 2.45) is 0 Å². The summed E-state index contributed by atoms with van der Waals surface area (Å²) in [5, 5.41) is 50.5. The number of unbranched alkanes of at least 4 members (excludes halogenated alkanes) is 1. The third-order valence-electron chi connectivity index (χ3n) is 9.68. The molecule has 0 aliphatic heterocycles. The van der Waals surface area contributed by atoms with E-state index < -0.39 is 36.6 Å². The van der Waals surface area contributed by atoms with E-state index in [-0.39, 0.29) is 38.1 Å². The van der Waals surface area contributed by atoms with Gasteiger partial charge in [0.1, 0.15) is 30.2 Å². The van der Waals surface area contributed by atoms with Gasteiger partial charge in [0.15, 0.2) is 0 Å². The van der Waals surface area contributed by atoms with Gasteiger partial charge in [-0.1, -0.05) is 41.4 Å². The standard InChI is InChI=1S/C39H50Cl2N2O9/c1-50-18-6-17-43(22-33(45)37(48)38(49)34(46)23-44)36(47)10-5-2-7-25-19-32(41)26(20-31(25)40)24-51-39(14-15-39)30-21-42-16-13-28(30)29-8-3-4-9-35(29)52-27-11-12-27/h3-4,8-9,13,16,19-21,27,33-34,37-38,44-46,48-49H,2,5-7,10-12,14-15,17-18,22-24H2,1H3. The zero-order chi connectivity index (χ0) is 37.3. The molecule has 13 heteroatoms. The lowest BCUT2D eigenvalue weighted by Gasteiger charge is -2.30. The van der Waals surface area contributed by atoms with Crippen molar-refractivity contribution in [3.63, 3.8) is 0 Å². The Morgan fingerprint density at radius 2 is 1.67 bits per heavy atom. The average Bonchev–Trinajstić information content (AvgIpc) is 4.10. The molecular weight excluding hydrogens is 711 g/mol. The number of aliphatic hydroxyl groups excluding tert-OH is 5. The first-order chi connectivity index (χ1) is 25.1. The predicted octanol–water partition coefficient (Wildman–Crippen LogP) is 4.82. The number of pyridine rings is 1. The van der Waals surface area contributed by atoms with Crippen molar-refractivity contribution in [3.05, 3.63) is 81.6 Å². The van der Waals surface area contributed by atoms with Crippen LogP contribution in [-0.4, -0.2) is 105 Å². The van der Waals surface area contributed by atoms with Crippen LogP contribution >= 0.6 is 23.2 Å². The Morgan fingerprint density at radius 1 is 0.962 bits per heavy atom. The van der Waals surface area contributed by atoms with E-state index in [1.54, 1.807) is 13.3 Å².